The van der Waals surface area contributed by atoms with Gasteiger partial charge in [0.2, 0.25) is 17.8 Å². The molecule has 2 fully saturated rings. The third-order valence-electron chi connectivity index (χ3n) is 6.93. The molecule has 0 unspecified atom stereocenters. The summed E-state index contributed by atoms with van der Waals surface area (Å²) in [4.78, 5) is 40.9. The Morgan fingerprint density at radius 2 is 1.82 bits per heavy atom. The van der Waals surface area contributed by atoms with Gasteiger partial charge in [0.25, 0.3) is 6.43 Å². The van der Waals surface area contributed by atoms with E-state index in [1.54, 1.807) is 44.4 Å². The zero-order chi connectivity index (χ0) is 27.5. The van der Waals surface area contributed by atoms with Crippen LogP contribution in [-0.4, -0.2) is 88.7 Å². The van der Waals surface area contributed by atoms with E-state index in [0.717, 1.165) is 0 Å². The Morgan fingerprint density at radius 1 is 1.08 bits per heavy atom. The molecule has 2 aromatic heterocycles. The SMILES string of the molecule is CN(C)C(=O)CCC(=O)NC1CC(Nc2cc(-n3c(C(F)F)nc4ccccc43)nc(N3CCOCC3)n2)C1. The minimum atomic E-state index is -2.79. The summed E-state index contributed by atoms with van der Waals surface area (Å²) in [5.41, 5.74) is 0.989. The molecule has 2 amide bonds. The van der Waals surface area contributed by atoms with Crippen LogP contribution in [0.4, 0.5) is 20.5 Å². The van der Waals surface area contributed by atoms with Crippen molar-refractivity contribution >= 4 is 34.6 Å². The number of hydrogen-bond acceptors (Lipinski definition) is 8. The number of carbonyl (C=O) groups is 2. The van der Waals surface area contributed by atoms with E-state index in [0.29, 0.717) is 67.8 Å². The van der Waals surface area contributed by atoms with Gasteiger partial charge in [0.15, 0.2) is 5.82 Å². The first kappa shape index (κ1) is 26.7. The van der Waals surface area contributed by atoms with Crippen molar-refractivity contribution in [3.8, 4) is 5.82 Å². The van der Waals surface area contributed by atoms with E-state index in [-0.39, 0.29) is 42.6 Å². The van der Waals surface area contributed by atoms with E-state index < -0.39 is 6.43 Å². The van der Waals surface area contributed by atoms with Crippen LogP contribution in [0.5, 0.6) is 0 Å². The van der Waals surface area contributed by atoms with E-state index in [4.69, 9.17) is 9.72 Å². The van der Waals surface area contributed by atoms with E-state index >= 15 is 0 Å². The summed E-state index contributed by atoms with van der Waals surface area (Å²) in [7, 11) is 3.32. The molecule has 1 aliphatic carbocycles. The summed E-state index contributed by atoms with van der Waals surface area (Å²) in [6.45, 7) is 2.22. The van der Waals surface area contributed by atoms with Crippen LogP contribution < -0.4 is 15.5 Å². The van der Waals surface area contributed by atoms with Gasteiger partial charge in [-0.05, 0) is 25.0 Å². The van der Waals surface area contributed by atoms with E-state index in [1.165, 1.54) is 9.47 Å². The molecule has 2 N–H and O–H groups in total. The van der Waals surface area contributed by atoms with Crippen LogP contribution in [0.2, 0.25) is 0 Å². The Hall–Kier alpha value is -3.87. The quantitative estimate of drug-likeness (QED) is 0.424. The molecule has 1 saturated heterocycles. The van der Waals surface area contributed by atoms with Crippen LogP contribution >= 0.6 is 0 Å². The number of para-hydroxylation sites is 2. The second-order valence-corrected chi connectivity index (χ2v) is 9.97. The standard InChI is InChI=1S/C26H32F2N8O3/c1-34(2)23(38)8-7-22(37)30-17-13-16(14-17)29-20-15-21(33-26(32-20)35-9-11-39-12-10-35)36-19-6-4-3-5-18(19)31-25(36)24(27)28/h3-6,15-17,24H,7-14H2,1-2H3,(H,30,37)(H,29,32,33). The summed E-state index contributed by atoms with van der Waals surface area (Å²) in [5.74, 6) is 0.603. The highest BCUT2D eigenvalue weighted by Crippen LogP contribution is 2.30. The fourth-order valence-electron chi connectivity index (χ4n) is 4.75. The molecular formula is C26H32F2N8O3. The van der Waals surface area contributed by atoms with Crippen molar-refractivity contribution in [3.63, 3.8) is 0 Å². The molecule has 1 saturated carbocycles. The van der Waals surface area contributed by atoms with Gasteiger partial charge < -0.3 is 25.2 Å². The molecule has 39 heavy (non-hydrogen) atoms. The summed E-state index contributed by atoms with van der Waals surface area (Å²) >= 11 is 0. The Bertz CT molecular complexity index is 1340. The number of aromatic nitrogens is 4. The number of anilines is 2. The molecule has 0 radical (unpaired) electrons. The van der Waals surface area contributed by atoms with Gasteiger partial charge in [0.05, 0.1) is 24.2 Å². The number of ether oxygens (including phenoxy) is 1. The first-order chi connectivity index (χ1) is 18.8. The Morgan fingerprint density at radius 3 is 2.54 bits per heavy atom. The summed E-state index contributed by atoms with van der Waals surface area (Å²) in [5, 5.41) is 6.35. The molecule has 13 heteroatoms. The molecule has 0 spiro atoms. The van der Waals surface area contributed by atoms with Crippen molar-refractivity contribution in [3.05, 3.63) is 36.2 Å². The molecule has 0 bridgehead atoms. The first-order valence-corrected chi connectivity index (χ1v) is 13.0. The van der Waals surface area contributed by atoms with Crippen molar-refractivity contribution in [2.75, 3.05) is 50.6 Å². The lowest BCUT2D eigenvalue weighted by atomic mass is 9.86. The third kappa shape index (κ3) is 6.08. The van der Waals surface area contributed by atoms with Crippen molar-refractivity contribution in [1.29, 1.82) is 0 Å². The van der Waals surface area contributed by atoms with Crippen molar-refractivity contribution in [1.82, 2.24) is 29.7 Å². The lowest BCUT2D eigenvalue weighted by Gasteiger charge is -2.37. The highest BCUT2D eigenvalue weighted by molar-refractivity contribution is 5.83. The largest absolute Gasteiger partial charge is 0.378 e. The zero-order valence-corrected chi connectivity index (χ0v) is 21.9. The van der Waals surface area contributed by atoms with Gasteiger partial charge >= 0.3 is 0 Å². The second-order valence-electron chi connectivity index (χ2n) is 9.97. The minimum absolute atomic E-state index is 0.00694. The number of benzene rings is 1. The van der Waals surface area contributed by atoms with Gasteiger partial charge in [-0.3, -0.25) is 14.2 Å². The number of fused-ring (bicyclic) bond motifs is 1. The van der Waals surface area contributed by atoms with Gasteiger partial charge in [-0.15, -0.1) is 0 Å². The second kappa shape index (κ2) is 11.5. The van der Waals surface area contributed by atoms with E-state index in [2.05, 4.69) is 20.6 Å². The number of hydrogen-bond donors (Lipinski definition) is 2. The highest BCUT2D eigenvalue weighted by atomic mass is 19.3. The molecule has 208 valence electrons. The van der Waals surface area contributed by atoms with Crippen LogP contribution in [0, 0.1) is 0 Å². The maximum atomic E-state index is 14.0. The molecule has 11 nitrogen and oxygen atoms in total. The number of amides is 2. The van der Waals surface area contributed by atoms with Crippen LogP contribution in [0.3, 0.4) is 0 Å². The average Bonchev–Trinajstić information content (AvgIpc) is 3.31. The van der Waals surface area contributed by atoms with Crippen molar-refractivity contribution in [2.24, 2.45) is 0 Å². The van der Waals surface area contributed by atoms with Crippen LogP contribution in [0.25, 0.3) is 16.9 Å². The van der Waals surface area contributed by atoms with Gasteiger partial charge in [0, 0.05) is 58.2 Å². The third-order valence-corrected chi connectivity index (χ3v) is 6.93. The lowest BCUT2D eigenvalue weighted by molar-refractivity contribution is -0.131. The molecule has 2 aliphatic rings. The van der Waals surface area contributed by atoms with Crippen LogP contribution in [0.15, 0.2) is 30.3 Å². The predicted octanol–water partition coefficient (Wildman–Crippen LogP) is 2.52. The maximum absolute atomic E-state index is 14.0. The molecular weight excluding hydrogens is 510 g/mol. The predicted molar refractivity (Wildman–Crippen MR) is 141 cm³/mol. The number of carbonyl (C=O) groups excluding carboxylic acids is 2. The normalized spacial score (nSPS) is 19.2. The van der Waals surface area contributed by atoms with Crippen LogP contribution in [-0.2, 0) is 14.3 Å². The summed E-state index contributed by atoms with van der Waals surface area (Å²) < 4.78 is 34.9. The number of alkyl halides is 2. The Labute approximate surface area is 224 Å². The van der Waals surface area contributed by atoms with Crippen molar-refractivity contribution < 1.29 is 23.1 Å². The summed E-state index contributed by atoms with van der Waals surface area (Å²) in [6.07, 6.45) is -1.12. The molecule has 1 aliphatic heterocycles. The fraction of sp³-hybridized carbons (Fsp3) is 0.500. The lowest BCUT2D eigenvalue weighted by Crippen LogP contribution is -2.50. The van der Waals surface area contributed by atoms with Crippen LogP contribution in [0.1, 0.15) is 37.9 Å². The molecule has 1 aromatic carbocycles. The number of rotatable bonds is 9. The first-order valence-electron chi connectivity index (χ1n) is 13.0. The van der Waals surface area contributed by atoms with Gasteiger partial charge in [-0.1, -0.05) is 12.1 Å². The molecule has 0 atom stereocenters. The van der Waals surface area contributed by atoms with E-state index in [9.17, 15) is 18.4 Å². The van der Waals surface area contributed by atoms with Gasteiger partial charge in [0.1, 0.15) is 11.6 Å². The number of morpholine rings is 1. The van der Waals surface area contributed by atoms with Gasteiger partial charge in [-0.25, -0.2) is 13.8 Å². The Kier molecular flexibility index (Phi) is 7.87. The topological polar surface area (TPSA) is 118 Å². The molecule has 5 rings (SSSR count). The minimum Gasteiger partial charge on any atom is -0.378 e. The number of imidazole rings is 1. The fourth-order valence-corrected chi connectivity index (χ4v) is 4.75. The smallest absolute Gasteiger partial charge is 0.296 e. The zero-order valence-electron chi connectivity index (χ0n) is 21.9. The van der Waals surface area contributed by atoms with Gasteiger partial charge in [-0.2, -0.15) is 9.97 Å². The number of nitrogens with one attached hydrogen (secondary N) is 2. The monoisotopic (exact) mass is 542 g/mol. The summed E-state index contributed by atoms with van der Waals surface area (Å²) in [6, 6.07) is 8.65. The highest BCUT2D eigenvalue weighted by Gasteiger charge is 2.31. The van der Waals surface area contributed by atoms with Crippen molar-refractivity contribution in [2.45, 2.75) is 44.2 Å². The number of nitrogens with zero attached hydrogens (tertiary/aromatic N) is 6. The average molecular weight is 543 g/mol. The maximum Gasteiger partial charge on any atom is 0.296 e. The Balaban J connectivity index is 1.34. The van der Waals surface area contributed by atoms with E-state index in [1.807, 2.05) is 4.90 Å². The molecule has 3 heterocycles. The molecule has 3 aromatic rings. The number of halogens is 2.